The molecule has 15 heavy (non-hydrogen) atoms. The van der Waals surface area contributed by atoms with E-state index in [1.165, 1.54) is 5.56 Å². The molecule has 1 aromatic rings. The van der Waals surface area contributed by atoms with E-state index in [1.54, 1.807) is 0 Å². The molecule has 0 saturated heterocycles. The summed E-state index contributed by atoms with van der Waals surface area (Å²) < 4.78 is 5.60. The molecule has 0 heterocycles. The Balaban J connectivity index is 2.26. The molecule has 2 nitrogen and oxygen atoms in total. The van der Waals surface area contributed by atoms with Crippen LogP contribution in [0.15, 0.2) is 36.4 Å². The van der Waals surface area contributed by atoms with E-state index in [0.29, 0.717) is 6.61 Å². The maximum atomic E-state index is 5.60. The Morgan fingerprint density at radius 1 is 1.27 bits per heavy atom. The summed E-state index contributed by atoms with van der Waals surface area (Å²) >= 11 is 0. The maximum Gasteiger partial charge on any atom is 0.122 e. The van der Waals surface area contributed by atoms with Gasteiger partial charge in [-0.1, -0.05) is 37.3 Å². The molecule has 0 fully saturated rings. The lowest BCUT2D eigenvalue weighted by Crippen LogP contribution is -2.11. The highest BCUT2D eigenvalue weighted by atomic mass is 16.5. The summed E-state index contributed by atoms with van der Waals surface area (Å²) in [6.45, 7) is 6.70. The van der Waals surface area contributed by atoms with Gasteiger partial charge < -0.3 is 10.1 Å². The zero-order valence-electron chi connectivity index (χ0n) is 9.49. The summed E-state index contributed by atoms with van der Waals surface area (Å²) in [7, 11) is 0. The van der Waals surface area contributed by atoms with Crippen molar-refractivity contribution in [3.8, 4) is 5.75 Å². The van der Waals surface area contributed by atoms with Crippen LogP contribution in [0.5, 0.6) is 5.75 Å². The minimum absolute atomic E-state index is 0.635. The van der Waals surface area contributed by atoms with Crippen molar-refractivity contribution in [2.75, 3.05) is 19.7 Å². The van der Waals surface area contributed by atoms with E-state index in [0.717, 1.165) is 18.8 Å². The van der Waals surface area contributed by atoms with Crippen molar-refractivity contribution in [2.24, 2.45) is 0 Å². The summed E-state index contributed by atoms with van der Waals surface area (Å²) in [5.41, 5.74) is 1.18. The van der Waals surface area contributed by atoms with Crippen LogP contribution in [0.2, 0.25) is 0 Å². The SMILES string of the molecule is CCNCC=CCOc1ccccc1C. The molecule has 1 rings (SSSR count). The van der Waals surface area contributed by atoms with E-state index in [1.807, 2.05) is 24.3 Å². The van der Waals surface area contributed by atoms with Crippen LogP contribution in [0.3, 0.4) is 0 Å². The number of nitrogens with one attached hydrogen (secondary N) is 1. The average molecular weight is 205 g/mol. The monoisotopic (exact) mass is 205 g/mol. The van der Waals surface area contributed by atoms with E-state index in [-0.39, 0.29) is 0 Å². The van der Waals surface area contributed by atoms with E-state index >= 15 is 0 Å². The van der Waals surface area contributed by atoms with Crippen molar-refractivity contribution in [3.05, 3.63) is 42.0 Å². The molecule has 0 aliphatic carbocycles. The molecule has 0 saturated carbocycles. The molecule has 2 heteroatoms. The van der Waals surface area contributed by atoms with Gasteiger partial charge in [0.25, 0.3) is 0 Å². The third-order valence-electron chi connectivity index (χ3n) is 2.11. The lowest BCUT2D eigenvalue weighted by molar-refractivity contribution is 0.360. The fourth-order valence-electron chi connectivity index (χ4n) is 1.24. The number of likely N-dealkylation sites (N-methyl/N-ethyl adjacent to an activating group) is 1. The molecule has 0 amide bonds. The Kier molecular flexibility index (Phi) is 5.56. The number of hydrogen-bond donors (Lipinski definition) is 1. The van der Waals surface area contributed by atoms with Crippen molar-refractivity contribution < 1.29 is 4.74 Å². The van der Waals surface area contributed by atoms with Crippen molar-refractivity contribution in [3.63, 3.8) is 0 Å². The first-order valence-electron chi connectivity index (χ1n) is 5.38. The largest absolute Gasteiger partial charge is 0.489 e. The fraction of sp³-hybridized carbons (Fsp3) is 0.385. The molecule has 0 bridgehead atoms. The van der Waals surface area contributed by atoms with Crippen molar-refractivity contribution >= 4 is 0 Å². The van der Waals surface area contributed by atoms with E-state index in [2.05, 4.69) is 31.3 Å². The molecule has 0 radical (unpaired) electrons. The quantitative estimate of drug-likeness (QED) is 0.569. The summed E-state index contributed by atoms with van der Waals surface area (Å²) in [4.78, 5) is 0. The first-order valence-corrected chi connectivity index (χ1v) is 5.38. The Bertz CT molecular complexity index is 307. The van der Waals surface area contributed by atoms with Crippen LogP contribution >= 0.6 is 0 Å². The molecule has 0 aliphatic rings. The second kappa shape index (κ2) is 7.07. The minimum atomic E-state index is 0.635. The van der Waals surface area contributed by atoms with Crippen LogP contribution in [0.4, 0.5) is 0 Å². The van der Waals surface area contributed by atoms with Crippen LogP contribution in [-0.4, -0.2) is 19.7 Å². The molecule has 0 unspecified atom stereocenters. The second-order valence-electron chi connectivity index (χ2n) is 3.36. The molecule has 0 aromatic heterocycles. The van der Waals surface area contributed by atoms with Crippen LogP contribution in [0.1, 0.15) is 12.5 Å². The zero-order chi connectivity index (χ0) is 10.9. The van der Waals surface area contributed by atoms with Gasteiger partial charge in [0.15, 0.2) is 0 Å². The summed E-state index contributed by atoms with van der Waals surface area (Å²) in [5.74, 6) is 0.964. The molecule has 0 aliphatic heterocycles. The summed E-state index contributed by atoms with van der Waals surface area (Å²) in [6, 6.07) is 8.05. The van der Waals surface area contributed by atoms with E-state index < -0.39 is 0 Å². The highest BCUT2D eigenvalue weighted by Crippen LogP contribution is 2.15. The third-order valence-corrected chi connectivity index (χ3v) is 2.11. The summed E-state index contributed by atoms with van der Waals surface area (Å²) in [6.07, 6.45) is 4.12. The predicted octanol–water partition coefficient (Wildman–Crippen LogP) is 2.54. The van der Waals surface area contributed by atoms with Crippen molar-refractivity contribution in [2.45, 2.75) is 13.8 Å². The van der Waals surface area contributed by atoms with Gasteiger partial charge in [0, 0.05) is 6.54 Å². The van der Waals surface area contributed by atoms with Gasteiger partial charge in [-0.05, 0) is 25.1 Å². The fourth-order valence-corrected chi connectivity index (χ4v) is 1.24. The maximum absolute atomic E-state index is 5.60. The Morgan fingerprint density at radius 2 is 2.07 bits per heavy atom. The van der Waals surface area contributed by atoms with Gasteiger partial charge in [0.1, 0.15) is 12.4 Å². The molecular weight excluding hydrogens is 186 g/mol. The normalized spacial score (nSPS) is 10.8. The molecule has 1 aromatic carbocycles. The average Bonchev–Trinajstić information content (AvgIpc) is 2.25. The highest BCUT2D eigenvalue weighted by Gasteiger charge is 1.94. The lowest BCUT2D eigenvalue weighted by Gasteiger charge is -2.05. The van der Waals surface area contributed by atoms with Gasteiger partial charge in [0.05, 0.1) is 0 Å². The number of hydrogen-bond acceptors (Lipinski definition) is 2. The predicted molar refractivity (Wildman–Crippen MR) is 64.4 cm³/mol. The van der Waals surface area contributed by atoms with Gasteiger partial charge in [-0.15, -0.1) is 0 Å². The van der Waals surface area contributed by atoms with Gasteiger partial charge in [-0.3, -0.25) is 0 Å². The number of aryl methyl sites for hydroxylation is 1. The Labute approximate surface area is 92.0 Å². The van der Waals surface area contributed by atoms with Gasteiger partial charge >= 0.3 is 0 Å². The molecule has 1 N–H and O–H groups in total. The Morgan fingerprint density at radius 3 is 2.80 bits per heavy atom. The lowest BCUT2D eigenvalue weighted by atomic mass is 10.2. The highest BCUT2D eigenvalue weighted by molar-refractivity contribution is 5.31. The van der Waals surface area contributed by atoms with Crippen LogP contribution in [0, 0.1) is 6.92 Å². The topological polar surface area (TPSA) is 21.3 Å². The molecule has 0 spiro atoms. The van der Waals surface area contributed by atoms with Crippen molar-refractivity contribution in [1.29, 1.82) is 0 Å². The smallest absolute Gasteiger partial charge is 0.122 e. The molecule has 82 valence electrons. The van der Waals surface area contributed by atoms with Gasteiger partial charge in [0.2, 0.25) is 0 Å². The van der Waals surface area contributed by atoms with E-state index in [9.17, 15) is 0 Å². The minimum Gasteiger partial charge on any atom is -0.489 e. The Hall–Kier alpha value is -1.28. The number of para-hydroxylation sites is 1. The van der Waals surface area contributed by atoms with Crippen molar-refractivity contribution in [1.82, 2.24) is 5.32 Å². The second-order valence-corrected chi connectivity index (χ2v) is 3.36. The molecular formula is C13H19NO. The van der Waals surface area contributed by atoms with Gasteiger partial charge in [-0.2, -0.15) is 0 Å². The van der Waals surface area contributed by atoms with Crippen LogP contribution in [0.25, 0.3) is 0 Å². The van der Waals surface area contributed by atoms with Crippen LogP contribution in [-0.2, 0) is 0 Å². The van der Waals surface area contributed by atoms with Crippen LogP contribution < -0.4 is 10.1 Å². The first-order chi connectivity index (χ1) is 7.34. The number of benzene rings is 1. The van der Waals surface area contributed by atoms with Gasteiger partial charge in [-0.25, -0.2) is 0 Å². The number of rotatable bonds is 6. The number of ether oxygens (including phenoxy) is 1. The summed E-state index contributed by atoms with van der Waals surface area (Å²) in [5, 5.41) is 3.22. The zero-order valence-corrected chi connectivity index (χ0v) is 9.49. The first kappa shape index (κ1) is 11.8. The standard InChI is InChI=1S/C13H19NO/c1-3-14-10-6-7-11-15-13-9-5-4-8-12(13)2/h4-9,14H,3,10-11H2,1-2H3. The van der Waals surface area contributed by atoms with E-state index in [4.69, 9.17) is 4.74 Å². The third kappa shape index (κ3) is 4.66. The molecule has 0 atom stereocenters.